The Morgan fingerprint density at radius 2 is 2.39 bits per heavy atom. The molecule has 1 fully saturated rings. The Hall–Kier alpha value is -1.13. The number of amides is 1. The van der Waals surface area contributed by atoms with Crippen LogP contribution in [0.1, 0.15) is 18.4 Å². The maximum atomic E-state index is 13.5. The van der Waals surface area contributed by atoms with Crippen LogP contribution in [-0.4, -0.2) is 25.0 Å². The van der Waals surface area contributed by atoms with E-state index in [9.17, 15) is 9.18 Å². The molecule has 1 atom stereocenters. The van der Waals surface area contributed by atoms with Crippen LogP contribution < -0.4 is 10.6 Å². The second-order valence-corrected chi connectivity index (χ2v) is 4.89. The van der Waals surface area contributed by atoms with E-state index in [0.29, 0.717) is 5.02 Å². The Bertz CT molecular complexity index is 413. The summed E-state index contributed by atoms with van der Waals surface area (Å²) in [5.41, 5.74) is 0.264. The van der Waals surface area contributed by atoms with Gasteiger partial charge in [0.25, 0.3) is 0 Å². The Morgan fingerprint density at radius 1 is 1.56 bits per heavy atom. The van der Waals surface area contributed by atoms with E-state index in [2.05, 4.69) is 10.6 Å². The van der Waals surface area contributed by atoms with Crippen LogP contribution in [0.15, 0.2) is 18.2 Å². The quantitative estimate of drug-likeness (QED) is 0.881. The van der Waals surface area contributed by atoms with Crippen LogP contribution in [0, 0.1) is 5.82 Å². The van der Waals surface area contributed by atoms with Crippen molar-refractivity contribution in [1.29, 1.82) is 0 Å². The number of rotatable bonds is 3. The van der Waals surface area contributed by atoms with Crippen molar-refractivity contribution in [2.75, 3.05) is 13.1 Å². The highest BCUT2D eigenvalue weighted by molar-refractivity contribution is 6.31. The normalized spacial score (nSPS) is 19.6. The molecule has 1 saturated heterocycles. The molecular weight excluding hydrogens is 255 g/mol. The minimum absolute atomic E-state index is 0.0119. The third-order valence-electron chi connectivity index (χ3n) is 3.06. The van der Waals surface area contributed by atoms with Gasteiger partial charge in [-0.05, 0) is 31.5 Å². The number of hydrogen-bond acceptors (Lipinski definition) is 2. The van der Waals surface area contributed by atoms with E-state index >= 15 is 0 Å². The maximum Gasteiger partial charge on any atom is 0.224 e. The van der Waals surface area contributed by atoms with E-state index in [-0.39, 0.29) is 23.9 Å². The molecule has 1 aliphatic heterocycles. The molecule has 1 heterocycles. The molecular formula is C13H16ClFN2O. The fourth-order valence-electron chi connectivity index (χ4n) is 2.12. The molecule has 5 heteroatoms. The molecule has 0 bridgehead atoms. The van der Waals surface area contributed by atoms with E-state index < -0.39 is 5.82 Å². The number of halogens is 2. The Kier molecular flexibility index (Phi) is 4.55. The van der Waals surface area contributed by atoms with Gasteiger partial charge in [0.15, 0.2) is 0 Å². The molecule has 0 saturated carbocycles. The molecule has 1 aromatic rings. The molecule has 0 radical (unpaired) electrons. The first-order valence-electron chi connectivity index (χ1n) is 6.10. The highest BCUT2D eigenvalue weighted by atomic mass is 35.5. The van der Waals surface area contributed by atoms with Gasteiger partial charge in [0, 0.05) is 23.2 Å². The summed E-state index contributed by atoms with van der Waals surface area (Å²) in [6.45, 7) is 1.77. The van der Waals surface area contributed by atoms with Gasteiger partial charge in [-0.25, -0.2) is 4.39 Å². The monoisotopic (exact) mass is 270 g/mol. The lowest BCUT2D eigenvalue weighted by molar-refractivity contribution is -0.121. The number of carbonyl (C=O) groups is 1. The zero-order valence-corrected chi connectivity index (χ0v) is 10.8. The van der Waals surface area contributed by atoms with Crippen molar-refractivity contribution in [2.45, 2.75) is 25.3 Å². The first-order valence-corrected chi connectivity index (χ1v) is 6.47. The second kappa shape index (κ2) is 6.16. The fourth-order valence-corrected chi connectivity index (χ4v) is 2.35. The summed E-state index contributed by atoms with van der Waals surface area (Å²) < 4.78 is 13.5. The standard InChI is InChI=1S/C13H16ClFN2O/c14-11-4-1-5-12(15)10(11)7-13(18)17-9-3-2-6-16-8-9/h1,4-5,9,16H,2-3,6-8H2,(H,17,18). The lowest BCUT2D eigenvalue weighted by Crippen LogP contribution is -2.46. The van der Waals surface area contributed by atoms with Crippen LogP contribution in [0.3, 0.4) is 0 Å². The maximum absolute atomic E-state index is 13.5. The highest BCUT2D eigenvalue weighted by Crippen LogP contribution is 2.19. The third-order valence-corrected chi connectivity index (χ3v) is 3.42. The molecule has 3 nitrogen and oxygen atoms in total. The van der Waals surface area contributed by atoms with Gasteiger partial charge >= 0.3 is 0 Å². The molecule has 1 unspecified atom stereocenters. The summed E-state index contributed by atoms with van der Waals surface area (Å²) in [4.78, 5) is 11.8. The number of piperidine rings is 1. The first-order chi connectivity index (χ1) is 8.66. The van der Waals surface area contributed by atoms with Crippen molar-refractivity contribution in [2.24, 2.45) is 0 Å². The lowest BCUT2D eigenvalue weighted by Gasteiger charge is -2.23. The smallest absolute Gasteiger partial charge is 0.224 e. The minimum atomic E-state index is -0.431. The highest BCUT2D eigenvalue weighted by Gasteiger charge is 2.17. The number of nitrogens with one attached hydrogen (secondary N) is 2. The summed E-state index contributed by atoms with van der Waals surface area (Å²) in [7, 11) is 0. The molecule has 1 aliphatic rings. The molecule has 98 valence electrons. The molecule has 2 rings (SSSR count). The van der Waals surface area contributed by atoms with Crippen molar-refractivity contribution in [3.8, 4) is 0 Å². The molecule has 0 aliphatic carbocycles. The van der Waals surface area contributed by atoms with Crippen LogP contribution in [0.5, 0.6) is 0 Å². The zero-order chi connectivity index (χ0) is 13.0. The average Bonchev–Trinajstić information content (AvgIpc) is 2.35. The predicted molar refractivity (Wildman–Crippen MR) is 69.1 cm³/mol. The predicted octanol–water partition coefficient (Wildman–Crippen LogP) is 1.89. The number of carbonyl (C=O) groups excluding carboxylic acids is 1. The molecule has 2 N–H and O–H groups in total. The van der Waals surface area contributed by atoms with Gasteiger partial charge in [0.05, 0.1) is 6.42 Å². The van der Waals surface area contributed by atoms with Crippen molar-refractivity contribution in [1.82, 2.24) is 10.6 Å². The van der Waals surface area contributed by atoms with E-state index in [1.807, 2.05) is 0 Å². The van der Waals surface area contributed by atoms with Crippen LogP contribution in [-0.2, 0) is 11.2 Å². The van der Waals surface area contributed by atoms with Gasteiger partial charge in [0.2, 0.25) is 5.91 Å². The van der Waals surface area contributed by atoms with E-state index in [4.69, 9.17) is 11.6 Å². The zero-order valence-electron chi connectivity index (χ0n) is 10.0. The number of benzene rings is 1. The minimum Gasteiger partial charge on any atom is -0.352 e. The van der Waals surface area contributed by atoms with Crippen LogP contribution in [0.25, 0.3) is 0 Å². The molecule has 18 heavy (non-hydrogen) atoms. The average molecular weight is 271 g/mol. The van der Waals surface area contributed by atoms with Crippen molar-refractivity contribution < 1.29 is 9.18 Å². The molecule has 1 amide bonds. The van der Waals surface area contributed by atoms with Gasteiger partial charge in [-0.2, -0.15) is 0 Å². The van der Waals surface area contributed by atoms with Gasteiger partial charge in [-0.15, -0.1) is 0 Å². The van der Waals surface area contributed by atoms with E-state index in [1.54, 1.807) is 6.07 Å². The summed E-state index contributed by atoms with van der Waals surface area (Å²) in [5, 5.41) is 6.41. The van der Waals surface area contributed by atoms with Gasteiger partial charge < -0.3 is 10.6 Å². The van der Waals surface area contributed by atoms with Crippen LogP contribution in [0.2, 0.25) is 5.02 Å². The third kappa shape index (κ3) is 3.43. The van der Waals surface area contributed by atoms with Crippen molar-refractivity contribution >= 4 is 17.5 Å². The lowest BCUT2D eigenvalue weighted by atomic mass is 10.1. The Labute approximate surface area is 111 Å². The first kappa shape index (κ1) is 13.3. The Balaban J connectivity index is 1.94. The van der Waals surface area contributed by atoms with E-state index in [0.717, 1.165) is 25.9 Å². The van der Waals surface area contributed by atoms with Gasteiger partial charge in [-0.1, -0.05) is 17.7 Å². The second-order valence-electron chi connectivity index (χ2n) is 4.49. The molecule has 0 aromatic heterocycles. The van der Waals surface area contributed by atoms with Crippen molar-refractivity contribution in [3.05, 3.63) is 34.6 Å². The SMILES string of the molecule is O=C(Cc1c(F)cccc1Cl)NC1CCCNC1. The fraction of sp³-hybridized carbons (Fsp3) is 0.462. The number of hydrogen-bond donors (Lipinski definition) is 2. The van der Waals surface area contributed by atoms with Crippen LogP contribution >= 0.6 is 11.6 Å². The molecule has 0 spiro atoms. The summed E-state index contributed by atoms with van der Waals surface area (Å²) >= 11 is 5.88. The Morgan fingerprint density at radius 3 is 3.06 bits per heavy atom. The largest absolute Gasteiger partial charge is 0.352 e. The summed E-state index contributed by atoms with van der Waals surface area (Å²) in [5.74, 6) is -0.616. The molecule has 1 aromatic carbocycles. The topological polar surface area (TPSA) is 41.1 Å². The summed E-state index contributed by atoms with van der Waals surface area (Å²) in [6.07, 6.45) is 2.00. The van der Waals surface area contributed by atoms with Gasteiger partial charge in [-0.3, -0.25) is 4.79 Å². The van der Waals surface area contributed by atoms with Gasteiger partial charge in [0.1, 0.15) is 5.82 Å². The van der Waals surface area contributed by atoms with Crippen LogP contribution in [0.4, 0.5) is 4.39 Å². The van der Waals surface area contributed by atoms with Crippen molar-refractivity contribution in [3.63, 3.8) is 0 Å². The summed E-state index contributed by atoms with van der Waals surface area (Å²) in [6, 6.07) is 4.58. The van der Waals surface area contributed by atoms with E-state index in [1.165, 1.54) is 12.1 Å².